The summed E-state index contributed by atoms with van der Waals surface area (Å²) in [6.45, 7) is 2.86. The Morgan fingerprint density at radius 2 is 2.04 bits per heavy atom. The molecule has 2 heterocycles. The summed E-state index contributed by atoms with van der Waals surface area (Å²) in [6, 6.07) is 8.79. The number of fused-ring (bicyclic) bond motifs is 1. The van der Waals surface area contributed by atoms with E-state index >= 15 is 0 Å². The summed E-state index contributed by atoms with van der Waals surface area (Å²) in [5.74, 6) is -0.894. The van der Waals surface area contributed by atoms with E-state index in [-0.39, 0.29) is 13.1 Å². The number of rotatable bonds is 5. The highest BCUT2D eigenvalue weighted by molar-refractivity contribution is 6.38. The van der Waals surface area contributed by atoms with Gasteiger partial charge in [-0.15, -0.1) is 0 Å². The molecule has 0 radical (unpaired) electrons. The predicted octanol–water partition coefficient (Wildman–Crippen LogP) is 1.52. The zero-order valence-electron chi connectivity index (χ0n) is 14.7. The fourth-order valence-electron chi connectivity index (χ4n) is 2.91. The van der Waals surface area contributed by atoms with Crippen LogP contribution in [-0.2, 0) is 14.3 Å². The first-order valence-electron chi connectivity index (χ1n) is 8.45. The van der Waals surface area contributed by atoms with E-state index in [2.05, 4.69) is 5.32 Å². The van der Waals surface area contributed by atoms with Crippen molar-refractivity contribution >= 4 is 28.8 Å². The molecule has 1 aromatic carbocycles. The van der Waals surface area contributed by atoms with Gasteiger partial charge >= 0.3 is 17.8 Å². The number of hydrogen-bond donors (Lipinski definition) is 1. The number of hydrogen-bond acceptors (Lipinski definition) is 5. The lowest BCUT2D eigenvalue weighted by molar-refractivity contribution is -0.153. The third kappa shape index (κ3) is 3.41. The summed E-state index contributed by atoms with van der Waals surface area (Å²) in [5, 5.41) is 3.58. The molecule has 1 aliphatic rings. The standard InChI is InChI=1S/C18H21N3O5/c1-3-20-8-9-21(17(23)16(20)22)18(24)19-11-15(25-2)14-10-12-6-4-5-7-13(12)26-14/h4-7,10,15H,3,8-9,11H2,1-2H3,(H,19,24). The number of nitrogens with zero attached hydrogens (tertiary/aromatic N) is 2. The Morgan fingerprint density at radius 3 is 2.73 bits per heavy atom. The molecule has 1 aliphatic heterocycles. The van der Waals surface area contributed by atoms with Crippen LogP contribution in [0, 0.1) is 0 Å². The SMILES string of the molecule is CCN1CCN(C(=O)NCC(OC)c2cc3ccccc3o2)C(=O)C1=O. The van der Waals surface area contributed by atoms with Gasteiger partial charge in [-0.05, 0) is 19.1 Å². The van der Waals surface area contributed by atoms with E-state index in [1.165, 1.54) is 12.0 Å². The van der Waals surface area contributed by atoms with E-state index in [0.717, 1.165) is 15.9 Å². The number of urea groups is 1. The van der Waals surface area contributed by atoms with Crippen LogP contribution in [0.1, 0.15) is 18.8 Å². The van der Waals surface area contributed by atoms with Crippen LogP contribution >= 0.6 is 0 Å². The van der Waals surface area contributed by atoms with E-state index in [9.17, 15) is 14.4 Å². The van der Waals surface area contributed by atoms with Gasteiger partial charge in [0.25, 0.3) is 0 Å². The second-order valence-corrected chi connectivity index (χ2v) is 5.94. The first-order chi connectivity index (χ1) is 12.5. The van der Waals surface area contributed by atoms with Crippen molar-refractivity contribution in [1.29, 1.82) is 0 Å². The van der Waals surface area contributed by atoms with E-state index < -0.39 is 23.9 Å². The Morgan fingerprint density at radius 1 is 1.27 bits per heavy atom. The molecule has 1 unspecified atom stereocenters. The largest absolute Gasteiger partial charge is 0.458 e. The van der Waals surface area contributed by atoms with Crippen molar-refractivity contribution in [3.05, 3.63) is 36.1 Å². The predicted molar refractivity (Wildman–Crippen MR) is 93.3 cm³/mol. The Labute approximate surface area is 150 Å². The molecule has 4 amide bonds. The van der Waals surface area contributed by atoms with Crippen molar-refractivity contribution in [3.63, 3.8) is 0 Å². The van der Waals surface area contributed by atoms with Gasteiger partial charge in [-0.3, -0.25) is 14.5 Å². The van der Waals surface area contributed by atoms with Crippen LogP contribution in [0.3, 0.4) is 0 Å². The number of methoxy groups -OCH3 is 1. The molecule has 0 spiro atoms. The summed E-state index contributed by atoms with van der Waals surface area (Å²) >= 11 is 0. The maximum Gasteiger partial charge on any atom is 0.324 e. The van der Waals surface area contributed by atoms with Gasteiger partial charge in [-0.2, -0.15) is 0 Å². The molecule has 0 bridgehead atoms. The molecule has 2 aromatic rings. The molecular weight excluding hydrogens is 338 g/mol. The van der Waals surface area contributed by atoms with E-state index in [4.69, 9.17) is 9.15 Å². The minimum Gasteiger partial charge on any atom is -0.458 e. The molecule has 1 N–H and O–H groups in total. The first-order valence-corrected chi connectivity index (χ1v) is 8.45. The molecule has 1 aromatic heterocycles. The number of ether oxygens (including phenoxy) is 1. The van der Waals surface area contributed by atoms with Crippen molar-refractivity contribution in [2.24, 2.45) is 0 Å². The van der Waals surface area contributed by atoms with E-state index in [1.807, 2.05) is 30.3 Å². The number of para-hydroxylation sites is 1. The molecule has 8 heteroatoms. The molecule has 26 heavy (non-hydrogen) atoms. The molecule has 138 valence electrons. The number of carbonyl (C=O) groups is 3. The normalized spacial score (nSPS) is 16.2. The maximum atomic E-state index is 12.3. The van der Waals surface area contributed by atoms with E-state index in [1.54, 1.807) is 6.92 Å². The third-order valence-electron chi connectivity index (χ3n) is 4.42. The fourth-order valence-corrected chi connectivity index (χ4v) is 2.91. The number of benzene rings is 1. The number of amides is 4. The van der Waals surface area contributed by atoms with Gasteiger partial charge in [0, 0.05) is 32.1 Å². The van der Waals surface area contributed by atoms with Crippen LogP contribution in [-0.4, -0.2) is 60.9 Å². The molecule has 1 fully saturated rings. The smallest absolute Gasteiger partial charge is 0.324 e. The summed E-state index contributed by atoms with van der Waals surface area (Å²) < 4.78 is 11.1. The quantitative estimate of drug-likeness (QED) is 0.817. The first kappa shape index (κ1) is 17.9. The zero-order chi connectivity index (χ0) is 18.7. The minimum absolute atomic E-state index is 0.116. The lowest BCUT2D eigenvalue weighted by Crippen LogP contribution is -2.58. The average molecular weight is 359 g/mol. The highest BCUT2D eigenvalue weighted by Crippen LogP contribution is 2.25. The molecule has 8 nitrogen and oxygen atoms in total. The summed E-state index contributed by atoms with van der Waals surface area (Å²) in [4.78, 5) is 38.6. The van der Waals surface area contributed by atoms with Crippen LogP contribution in [0.5, 0.6) is 0 Å². The Hall–Kier alpha value is -2.87. The number of piperazine rings is 1. The molecule has 1 saturated heterocycles. The number of nitrogens with one attached hydrogen (secondary N) is 1. The van der Waals surface area contributed by atoms with Crippen molar-refractivity contribution in [3.8, 4) is 0 Å². The summed E-state index contributed by atoms with van der Waals surface area (Å²) in [6.07, 6.45) is -0.505. The highest BCUT2D eigenvalue weighted by Gasteiger charge is 2.35. The Kier molecular flexibility index (Phi) is 5.22. The maximum absolute atomic E-state index is 12.3. The van der Waals surface area contributed by atoms with Crippen LogP contribution in [0.25, 0.3) is 11.0 Å². The molecular formula is C18H21N3O5. The Bertz CT molecular complexity index is 798. The molecule has 0 saturated carbocycles. The number of imide groups is 1. The average Bonchev–Trinajstić information content (AvgIpc) is 3.08. The van der Waals surface area contributed by atoms with Crippen molar-refractivity contribution < 1.29 is 23.5 Å². The zero-order valence-corrected chi connectivity index (χ0v) is 14.7. The van der Waals surface area contributed by atoms with Crippen LogP contribution in [0.2, 0.25) is 0 Å². The van der Waals surface area contributed by atoms with E-state index in [0.29, 0.717) is 18.8 Å². The van der Waals surface area contributed by atoms with Gasteiger partial charge in [0.05, 0.1) is 6.54 Å². The van der Waals surface area contributed by atoms with Crippen molar-refractivity contribution in [1.82, 2.24) is 15.1 Å². The van der Waals surface area contributed by atoms with Gasteiger partial charge in [-0.1, -0.05) is 18.2 Å². The number of furan rings is 1. The molecule has 1 atom stereocenters. The van der Waals surface area contributed by atoms with Gasteiger partial charge in [0.15, 0.2) is 0 Å². The fraction of sp³-hybridized carbons (Fsp3) is 0.389. The monoisotopic (exact) mass is 359 g/mol. The summed E-state index contributed by atoms with van der Waals surface area (Å²) in [5.41, 5.74) is 0.729. The highest BCUT2D eigenvalue weighted by atomic mass is 16.5. The van der Waals surface area contributed by atoms with Crippen molar-refractivity contribution in [2.45, 2.75) is 13.0 Å². The van der Waals surface area contributed by atoms with Crippen LogP contribution in [0.15, 0.2) is 34.7 Å². The topological polar surface area (TPSA) is 92.1 Å². The van der Waals surface area contributed by atoms with Crippen LogP contribution < -0.4 is 5.32 Å². The third-order valence-corrected chi connectivity index (χ3v) is 4.42. The second kappa shape index (κ2) is 7.57. The van der Waals surface area contributed by atoms with Gasteiger partial charge in [0.2, 0.25) is 0 Å². The van der Waals surface area contributed by atoms with Gasteiger partial charge < -0.3 is 19.4 Å². The summed E-state index contributed by atoms with van der Waals surface area (Å²) in [7, 11) is 1.51. The van der Waals surface area contributed by atoms with Crippen LogP contribution in [0.4, 0.5) is 4.79 Å². The Balaban J connectivity index is 1.64. The van der Waals surface area contributed by atoms with Gasteiger partial charge in [-0.25, -0.2) is 4.79 Å². The lowest BCUT2D eigenvalue weighted by atomic mass is 10.2. The molecule has 3 rings (SSSR count). The second-order valence-electron chi connectivity index (χ2n) is 5.94. The van der Waals surface area contributed by atoms with Crippen molar-refractivity contribution in [2.75, 3.05) is 33.3 Å². The lowest BCUT2D eigenvalue weighted by Gasteiger charge is -2.31. The minimum atomic E-state index is -0.812. The number of carbonyl (C=O) groups excluding carboxylic acids is 3. The molecule has 0 aliphatic carbocycles. The number of likely N-dealkylation sites (N-methyl/N-ethyl adjacent to an activating group) is 1. The van der Waals surface area contributed by atoms with Gasteiger partial charge in [0.1, 0.15) is 17.4 Å².